The first kappa shape index (κ1) is 11.2. The minimum atomic E-state index is -0.163. The molecule has 0 aliphatic heterocycles. The highest BCUT2D eigenvalue weighted by atomic mass is 16.2. The zero-order chi connectivity index (χ0) is 12.4. The van der Waals surface area contributed by atoms with Gasteiger partial charge in [-0.05, 0) is 18.6 Å². The zero-order valence-corrected chi connectivity index (χ0v) is 9.77. The molecule has 5 nitrogen and oxygen atoms in total. The molecule has 1 amide bonds. The van der Waals surface area contributed by atoms with E-state index in [0.29, 0.717) is 11.5 Å². The number of nitrogen functional groups attached to an aromatic ring is 1. The topological polar surface area (TPSA) is 75.0 Å². The molecule has 17 heavy (non-hydrogen) atoms. The highest BCUT2D eigenvalue weighted by Crippen LogP contribution is 2.19. The summed E-state index contributed by atoms with van der Waals surface area (Å²) in [5.41, 5.74) is 7.76. The molecule has 88 valence electrons. The number of hydrogen-bond donors (Lipinski definition) is 2. The van der Waals surface area contributed by atoms with E-state index >= 15 is 0 Å². The number of aromatic nitrogens is 2. The number of nitrogens with two attached hydrogens (primary N) is 1. The molecule has 3 N–H and O–H groups in total. The molecule has 1 aromatic heterocycles. The predicted octanol–water partition coefficient (Wildman–Crippen LogP) is 1.58. The second kappa shape index (κ2) is 4.29. The lowest BCUT2D eigenvalue weighted by Gasteiger charge is -2.18. The molecular formula is C12H14N4O. The quantitative estimate of drug-likeness (QED) is 0.822. The Balaban J connectivity index is 2.29. The van der Waals surface area contributed by atoms with Crippen LogP contribution in [0, 0.1) is 6.92 Å². The summed E-state index contributed by atoms with van der Waals surface area (Å²) in [6.45, 7) is 1.96. The standard InChI is InChI=1S/C12H14N4O/c1-8-5-3-4-6-10(8)16(2)12(17)9-7-11(13)15-14-9/h3-7H,1-2H3,(H3,13,14,15). The van der Waals surface area contributed by atoms with Crippen molar-refractivity contribution >= 4 is 17.4 Å². The third-order valence-corrected chi connectivity index (χ3v) is 2.61. The van der Waals surface area contributed by atoms with Crippen LogP contribution in [0.4, 0.5) is 11.5 Å². The van der Waals surface area contributed by atoms with Crippen molar-refractivity contribution < 1.29 is 4.79 Å². The molecule has 0 bridgehead atoms. The summed E-state index contributed by atoms with van der Waals surface area (Å²) in [7, 11) is 1.72. The minimum absolute atomic E-state index is 0.163. The van der Waals surface area contributed by atoms with Crippen LogP contribution in [-0.4, -0.2) is 23.2 Å². The third kappa shape index (κ3) is 2.13. The van der Waals surface area contributed by atoms with Gasteiger partial charge in [0.1, 0.15) is 11.5 Å². The van der Waals surface area contributed by atoms with Crippen molar-refractivity contribution in [1.29, 1.82) is 0 Å². The van der Waals surface area contributed by atoms with E-state index in [-0.39, 0.29) is 5.91 Å². The number of carbonyl (C=O) groups is 1. The van der Waals surface area contributed by atoms with E-state index in [0.717, 1.165) is 11.3 Å². The fraction of sp³-hybridized carbons (Fsp3) is 0.167. The molecule has 1 aromatic carbocycles. The van der Waals surface area contributed by atoms with Gasteiger partial charge in [0, 0.05) is 18.8 Å². The van der Waals surface area contributed by atoms with E-state index in [1.54, 1.807) is 11.9 Å². The van der Waals surface area contributed by atoms with Crippen LogP contribution in [0.25, 0.3) is 0 Å². The van der Waals surface area contributed by atoms with Crippen molar-refractivity contribution in [2.24, 2.45) is 0 Å². The van der Waals surface area contributed by atoms with Crippen LogP contribution in [0.3, 0.4) is 0 Å². The normalized spacial score (nSPS) is 10.2. The Morgan fingerprint density at radius 3 is 2.71 bits per heavy atom. The maximum absolute atomic E-state index is 12.1. The van der Waals surface area contributed by atoms with Gasteiger partial charge in [-0.3, -0.25) is 9.89 Å². The molecule has 0 aliphatic rings. The molecule has 2 aromatic rings. The number of H-pyrrole nitrogens is 1. The highest BCUT2D eigenvalue weighted by molar-refractivity contribution is 6.05. The van der Waals surface area contributed by atoms with Crippen molar-refractivity contribution in [3.63, 3.8) is 0 Å². The summed E-state index contributed by atoms with van der Waals surface area (Å²) in [5, 5.41) is 6.35. The Bertz CT molecular complexity index is 547. The first-order valence-corrected chi connectivity index (χ1v) is 5.24. The van der Waals surface area contributed by atoms with Gasteiger partial charge in [0.15, 0.2) is 0 Å². The van der Waals surface area contributed by atoms with Gasteiger partial charge in [-0.15, -0.1) is 0 Å². The molecule has 0 fully saturated rings. The number of amides is 1. The molecule has 0 saturated heterocycles. The summed E-state index contributed by atoms with van der Waals surface area (Å²) in [4.78, 5) is 13.7. The van der Waals surface area contributed by atoms with Gasteiger partial charge in [0.25, 0.3) is 5.91 Å². The fourth-order valence-electron chi connectivity index (χ4n) is 1.68. The SMILES string of the molecule is Cc1ccccc1N(C)C(=O)c1cc(N)n[nH]1. The van der Waals surface area contributed by atoms with E-state index in [2.05, 4.69) is 10.2 Å². The first-order chi connectivity index (χ1) is 8.09. The average molecular weight is 230 g/mol. The Morgan fingerprint density at radius 2 is 2.12 bits per heavy atom. The largest absolute Gasteiger partial charge is 0.382 e. The summed E-state index contributed by atoms with van der Waals surface area (Å²) in [6.07, 6.45) is 0. The number of rotatable bonds is 2. The molecule has 0 unspecified atom stereocenters. The maximum Gasteiger partial charge on any atom is 0.276 e. The molecule has 2 rings (SSSR count). The van der Waals surface area contributed by atoms with Crippen molar-refractivity contribution in [3.05, 3.63) is 41.6 Å². The molecule has 0 radical (unpaired) electrons. The van der Waals surface area contributed by atoms with Crippen LogP contribution in [-0.2, 0) is 0 Å². The first-order valence-electron chi connectivity index (χ1n) is 5.24. The van der Waals surface area contributed by atoms with Crippen molar-refractivity contribution in [1.82, 2.24) is 10.2 Å². The van der Waals surface area contributed by atoms with Crippen LogP contribution in [0.15, 0.2) is 30.3 Å². The van der Waals surface area contributed by atoms with Gasteiger partial charge in [-0.1, -0.05) is 18.2 Å². The molecule has 1 heterocycles. The Labute approximate surface area is 99.2 Å². The van der Waals surface area contributed by atoms with Crippen LogP contribution < -0.4 is 10.6 Å². The van der Waals surface area contributed by atoms with Crippen LogP contribution in [0.2, 0.25) is 0 Å². The second-order valence-corrected chi connectivity index (χ2v) is 3.86. The number of aryl methyl sites for hydroxylation is 1. The van der Waals surface area contributed by atoms with Gasteiger partial charge < -0.3 is 10.6 Å². The van der Waals surface area contributed by atoms with E-state index < -0.39 is 0 Å². The number of para-hydroxylation sites is 1. The number of benzene rings is 1. The third-order valence-electron chi connectivity index (χ3n) is 2.61. The lowest BCUT2D eigenvalue weighted by atomic mass is 10.2. The van der Waals surface area contributed by atoms with Gasteiger partial charge >= 0.3 is 0 Å². The number of nitrogens with zero attached hydrogens (tertiary/aromatic N) is 2. The summed E-state index contributed by atoms with van der Waals surface area (Å²) < 4.78 is 0. The van der Waals surface area contributed by atoms with E-state index in [9.17, 15) is 4.79 Å². The van der Waals surface area contributed by atoms with Crippen molar-refractivity contribution in [2.75, 3.05) is 17.7 Å². The lowest BCUT2D eigenvalue weighted by molar-refractivity contribution is 0.0988. The number of hydrogen-bond acceptors (Lipinski definition) is 3. The molecule has 0 spiro atoms. The van der Waals surface area contributed by atoms with Crippen molar-refractivity contribution in [2.45, 2.75) is 6.92 Å². The molecular weight excluding hydrogens is 216 g/mol. The lowest BCUT2D eigenvalue weighted by Crippen LogP contribution is -2.27. The van der Waals surface area contributed by atoms with E-state index in [4.69, 9.17) is 5.73 Å². The Morgan fingerprint density at radius 1 is 1.41 bits per heavy atom. The van der Waals surface area contributed by atoms with Crippen molar-refractivity contribution in [3.8, 4) is 0 Å². The smallest absolute Gasteiger partial charge is 0.276 e. The summed E-state index contributed by atoms with van der Waals surface area (Å²) in [6, 6.07) is 9.21. The summed E-state index contributed by atoms with van der Waals surface area (Å²) in [5.74, 6) is 0.148. The van der Waals surface area contributed by atoms with Crippen LogP contribution in [0.1, 0.15) is 16.1 Å². The second-order valence-electron chi connectivity index (χ2n) is 3.86. The van der Waals surface area contributed by atoms with E-state index in [1.807, 2.05) is 31.2 Å². The molecule has 0 aliphatic carbocycles. The Hall–Kier alpha value is -2.30. The monoisotopic (exact) mass is 230 g/mol. The number of aromatic amines is 1. The zero-order valence-electron chi connectivity index (χ0n) is 9.77. The van der Waals surface area contributed by atoms with Gasteiger partial charge in [-0.2, -0.15) is 5.10 Å². The van der Waals surface area contributed by atoms with Crippen LogP contribution >= 0.6 is 0 Å². The molecule has 0 atom stereocenters. The molecule has 0 saturated carbocycles. The van der Waals surface area contributed by atoms with Gasteiger partial charge in [0.2, 0.25) is 0 Å². The molecule has 5 heteroatoms. The van der Waals surface area contributed by atoms with Gasteiger partial charge in [-0.25, -0.2) is 0 Å². The van der Waals surface area contributed by atoms with Gasteiger partial charge in [0.05, 0.1) is 0 Å². The average Bonchev–Trinajstić information content (AvgIpc) is 2.75. The summed E-state index contributed by atoms with van der Waals surface area (Å²) >= 11 is 0. The number of nitrogens with one attached hydrogen (secondary N) is 1. The Kier molecular flexibility index (Phi) is 2.82. The number of anilines is 2. The highest BCUT2D eigenvalue weighted by Gasteiger charge is 2.16. The van der Waals surface area contributed by atoms with Crippen LogP contribution in [0.5, 0.6) is 0 Å². The minimum Gasteiger partial charge on any atom is -0.382 e. The maximum atomic E-state index is 12.1. The predicted molar refractivity (Wildman–Crippen MR) is 66.9 cm³/mol. The number of carbonyl (C=O) groups excluding carboxylic acids is 1. The van der Waals surface area contributed by atoms with E-state index in [1.165, 1.54) is 6.07 Å². The fourth-order valence-corrected chi connectivity index (χ4v) is 1.68.